The van der Waals surface area contributed by atoms with E-state index in [9.17, 15) is 29.1 Å². The summed E-state index contributed by atoms with van der Waals surface area (Å²) in [7, 11) is 0. The minimum absolute atomic E-state index is 0.00936. The Kier molecular flexibility index (Phi) is 14.7. The smallest absolute Gasteiger partial charge is 0.246 e. The summed E-state index contributed by atoms with van der Waals surface area (Å²) in [5.74, 6) is -2.14. The van der Waals surface area contributed by atoms with Crippen LogP contribution in [0.2, 0.25) is 5.02 Å². The fourth-order valence-electron chi connectivity index (χ4n) is 6.37. The molecule has 2 aromatic carbocycles. The van der Waals surface area contributed by atoms with Gasteiger partial charge in [-0.1, -0.05) is 68.8 Å². The van der Waals surface area contributed by atoms with E-state index < -0.39 is 47.4 Å². The number of benzene rings is 2. The Hall–Kier alpha value is -4.37. The third-order valence-electron chi connectivity index (χ3n) is 9.54. The van der Waals surface area contributed by atoms with Gasteiger partial charge < -0.3 is 37.4 Å². The Balaban J connectivity index is 1.31. The number of thiazole rings is 1. The number of aliphatic hydroxyl groups excluding tert-OH is 1. The first kappa shape index (κ1) is 42.4. The minimum atomic E-state index is -0.935. The molecule has 0 saturated carbocycles. The summed E-state index contributed by atoms with van der Waals surface area (Å²) in [5, 5.41) is 19.6. The van der Waals surface area contributed by atoms with E-state index in [2.05, 4.69) is 20.9 Å². The van der Waals surface area contributed by atoms with Crippen LogP contribution in [0, 0.1) is 12.3 Å². The molecule has 1 aliphatic heterocycles. The largest absolute Gasteiger partial charge is 0.391 e. The lowest BCUT2D eigenvalue weighted by molar-refractivity contribution is -0.144. The summed E-state index contributed by atoms with van der Waals surface area (Å²) in [6, 6.07) is 10.0. The number of carbonyl (C=O) groups is 5. The highest BCUT2D eigenvalue weighted by Crippen LogP contribution is 2.30. The molecule has 0 aliphatic carbocycles. The predicted octanol–water partition coefficient (Wildman–Crippen LogP) is 4.39. The van der Waals surface area contributed by atoms with Crippen LogP contribution in [0.3, 0.4) is 0 Å². The molecule has 1 aromatic heterocycles. The molecule has 1 unspecified atom stereocenters. The molecule has 0 spiro atoms. The number of β-amino-alcohol motifs (C(OH)–C–C–N with tert-alkyl or cyclic N) is 1. The number of unbranched alkanes of at least 4 members (excludes halogenated alkanes) is 1. The number of likely N-dealkylation sites (tertiary alicyclic amines) is 1. The highest BCUT2D eigenvalue weighted by molar-refractivity contribution is 7.13. The van der Waals surface area contributed by atoms with Gasteiger partial charge in [-0.3, -0.25) is 24.0 Å². The number of halogens is 1. The maximum Gasteiger partial charge on any atom is 0.246 e. The summed E-state index contributed by atoms with van der Waals surface area (Å²) < 4.78 is 0. The number of carbonyl (C=O) groups excluding carboxylic acids is 5. The highest BCUT2D eigenvalue weighted by atomic mass is 35.5. The first-order chi connectivity index (χ1) is 25.5. The normalized spacial score (nSPS) is 17.4. The number of hydrogen-bond donors (Lipinski definition) is 6. The number of nitrogens with zero attached hydrogens (tertiary/aromatic N) is 2. The molecule has 1 aliphatic rings. The van der Waals surface area contributed by atoms with Crippen LogP contribution in [0.1, 0.15) is 89.1 Å². The molecule has 0 radical (unpaired) electrons. The summed E-state index contributed by atoms with van der Waals surface area (Å²) in [6.07, 6.45) is 1.09. The van der Waals surface area contributed by atoms with Crippen molar-refractivity contribution in [2.24, 2.45) is 16.9 Å². The van der Waals surface area contributed by atoms with Crippen LogP contribution in [0.5, 0.6) is 0 Å². The van der Waals surface area contributed by atoms with Gasteiger partial charge in [0.05, 0.1) is 45.0 Å². The van der Waals surface area contributed by atoms with Crippen LogP contribution in [0.15, 0.2) is 48.0 Å². The van der Waals surface area contributed by atoms with Gasteiger partial charge in [-0.05, 0) is 67.7 Å². The van der Waals surface area contributed by atoms with E-state index in [4.69, 9.17) is 23.1 Å². The molecule has 15 heteroatoms. The SMILES string of the molecule is Cc1ncsc1-c1ccc([C@H](C)NC(=O)[C@@H]2C[C@@H](O)CN2C(=O)[C@@H](NC(=O)CCCCc2cccc(NC(=O)C(N)CCC(N)=O)c2Cl)C(C)(C)C)cc1. The highest BCUT2D eigenvalue weighted by Gasteiger charge is 2.44. The third-order valence-corrected chi connectivity index (χ3v) is 11.0. The first-order valence-corrected chi connectivity index (χ1v) is 19.4. The monoisotopic (exact) mass is 781 g/mol. The minimum Gasteiger partial charge on any atom is -0.391 e. The van der Waals surface area contributed by atoms with Crippen molar-refractivity contribution < 1.29 is 29.1 Å². The van der Waals surface area contributed by atoms with E-state index in [1.54, 1.807) is 23.5 Å². The molecule has 0 bridgehead atoms. The van der Waals surface area contributed by atoms with Crippen molar-refractivity contribution in [2.75, 3.05) is 11.9 Å². The van der Waals surface area contributed by atoms with E-state index in [1.807, 2.05) is 70.5 Å². The van der Waals surface area contributed by atoms with Gasteiger partial charge in [-0.25, -0.2) is 4.98 Å². The molecule has 8 N–H and O–H groups in total. The van der Waals surface area contributed by atoms with Crippen LogP contribution in [-0.2, 0) is 30.4 Å². The molecule has 54 heavy (non-hydrogen) atoms. The predicted molar refractivity (Wildman–Crippen MR) is 210 cm³/mol. The van der Waals surface area contributed by atoms with Crippen LogP contribution >= 0.6 is 22.9 Å². The van der Waals surface area contributed by atoms with Crippen molar-refractivity contribution in [3.8, 4) is 10.4 Å². The van der Waals surface area contributed by atoms with Crippen LogP contribution < -0.4 is 27.4 Å². The molecular weight excluding hydrogens is 730 g/mol. The lowest BCUT2D eigenvalue weighted by atomic mass is 9.85. The number of rotatable bonds is 16. The number of amides is 5. The van der Waals surface area contributed by atoms with Crippen molar-refractivity contribution in [3.63, 3.8) is 0 Å². The number of aliphatic hydroxyl groups is 1. The van der Waals surface area contributed by atoms with Crippen molar-refractivity contribution >= 4 is 58.2 Å². The van der Waals surface area contributed by atoms with Crippen molar-refractivity contribution in [2.45, 2.75) is 110 Å². The molecule has 292 valence electrons. The number of primary amides is 1. The Morgan fingerprint density at radius 2 is 1.76 bits per heavy atom. The van der Waals surface area contributed by atoms with Crippen LogP contribution in [-0.4, -0.2) is 75.3 Å². The zero-order chi connectivity index (χ0) is 39.7. The quantitative estimate of drug-likeness (QED) is 0.115. The molecule has 2 heterocycles. The maximum atomic E-state index is 14.0. The lowest BCUT2D eigenvalue weighted by Crippen LogP contribution is -2.57. The van der Waals surface area contributed by atoms with E-state index in [-0.39, 0.29) is 50.1 Å². The van der Waals surface area contributed by atoms with Gasteiger partial charge in [-0.15, -0.1) is 11.3 Å². The van der Waals surface area contributed by atoms with Crippen molar-refractivity contribution in [1.82, 2.24) is 20.5 Å². The van der Waals surface area contributed by atoms with Crippen molar-refractivity contribution in [3.05, 3.63) is 69.8 Å². The second kappa shape index (κ2) is 18.8. The number of nitrogens with one attached hydrogen (secondary N) is 3. The van der Waals surface area contributed by atoms with E-state index in [1.165, 1.54) is 4.90 Å². The standard InChI is InChI=1S/C39H52ClN7O6S/c1-22(24-13-15-26(16-14-24)34-23(2)43-21-54-34)44-37(52)30-19-27(48)20-47(30)38(53)35(39(3,4)5)46-32(50)12-7-6-9-25-10-8-11-29(33(25)40)45-36(51)28(41)17-18-31(42)49/h8,10-11,13-16,21-22,27-28,30,35,48H,6-7,9,12,17-20,41H2,1-5H3,(H2,42,49)(H,44,52)(H,45,51)(H,46,50)/t22-,27+,28?,30-,35+/m0/s1. The number of aryl methyl sites for hydroxylation is 2. The van der Waals surface area contributed by atoms with Gasteiger partial charge in [0.1, 0.15) is 12.1 Å². The number of nitrogens with two attached hydrogens (primary N) is 2. The Morgan fingerprint density at radius 3 is 2.39 bits per heavy atom. The van der Waals surface area contributed by atoms with E-state index >= 15 is 0 Å². The molecule has 4 rings (SSSR count). The van der Waals surface area contributed by atoms with E-state index in [0.717, 1.165) is 27.3 Å². The van der Waals surface area contributed by atoms with Crippen LogP contribution in [0.25, 0.3) is 10.4 Å². The molecule has 5 atom stereocenters. The molecule has 3 aromatic rings. The second-order valence-electron chi connectivity index (χ2n) is 15.0. The number of aromatic nitrogens is 1. The maximum absolute atomic E-state index is 14.0. The van der Waals surface area contributed by atoms with Gasteiger partial charge in [0.2, 0.25) is 29.5 Å². The molecular formula is C39H52ClN7O6S. The summed E-state index contributed by atoms with van der Waals surface area (Å²) in [4.78, 5) is 71.1. The number of hydrogen-bond acceptors (Lipinski definition) is 9. The first-order valence-electron chi connectivity index (χ1n) is 18.2. The van der Waals surface area contributed by atoms with Crippen LogP contribution in [0.4, 0.5) is 5.69 Å². The molecule has 13 nitrogen and oxygen atoms in total. The third kappa shape index (κ3) is 11.3. The van der Waals surface area contributed by atoms with Gasteiger partial charge >= 0.3 is 0 Å². The molecule has 5 amide bonds. The van der Waals surface area contributed by atoms with E-state index in [0.29, 0.717) is 30.0 Å². The van der Waals surface area contributed by atoms with Gasteiger partial charge in [0.25, 0.3) is 0 Å². The van der Waals surface area contributed by atoms with Gasteiger partial charge in [-0.2, -0.15) is 0 Å². The zero-order valence-corrected chi connectivity index (χ0v) is 33.1. The molecule has 1 saturated heterocycles. The summed E-state index contributed by atoms with van der Waals surface area (Å²) >= 11 is 8.14. The van der Waals surface area contributed by atoms with Crippen molar-refractivity contribution in [1.29, 1.82) is 0 Å². The second-order valence-corrected chi connectivity index (χ2v) is 16.2. The number of anilines is 1. The Labute approximate surface area is 325 Å². The van der Waals surface area contributed by atoms with Gasteiger partial charge in [0, 0.05) is 25.8 Å². The average Bonchev–Trinajstić information content (AvgIpc) is 3.73. The lowest BCUT2D eigenvalue weighted by Gasteiger charge is -2.35. The summed E-state index contributed by atoms with van der Waals surface area (Å²) in [6.45, 7) is 9.34. The Bertz CT molecular complexity index is 1810. The fraction of sp³-hybridized carbons (Fsp3) is 0.487. The average molecular weight is 782 g/mol. The van der Waals surface area contributed by atoms with Gasteiger partial charge in [0.15, 0.2) is 0 Å². The Morgan fingerprint density at radius 1 is 1.06 bits per heavy atom. The summed E-state index contributed by atoms with van der Waals surface area (Å²) in [5.41, 5.74) is 16.2. The fourth-order valence-corrected chi connectivity index (χ4v) is 7.45. The zero-order valence-electron chi connectivity index (χ0n) is 31.5. The molecule has 1 fully saturated rings. The topological polar surface area (TPSA) is 210 Å².